The molecular formula is C32H28FN5O4S2. The molecule has 0 radical (unpaired) electrons. The fourth-order valence-corrected chi connectivity index (χ4v) is 7.77. The van der Waals surface area contributed by atoms with Gasteiger partial charge in [0, 0.05) is 18.1 Å². The van der Waals surface area contributed by atoms with Gasteiger partial charge in [-0.15, -0.1) is 5.10 Å². The molecular weight excluding hydrogens is 602 g/mol. The maximum absolute atomic E-state index is 14.0. The van der Waals surface area contributed by atoms with Gasteiger partial charge in [-0.05, 0) is 60.5 Å². The molecule has 0 saturated carbocycles. The minimum Gasteiger partial charge on any atom is -0.248 e. The highest BCUT2D eigenvalue weighted by atomic mass is 32.2. The fourth-order valence-electron chi connectivity index (χ4n) is 4.97. The van der Waals surface area contributed by atoms with Crippen LogP contribution in [0.4, 0.5) is 4.39 Å². The Morgan fingerprint density at radius 1 is 0.750 bits per heavy atom. The molecule has 0 aliphatic rings. The first-order valence-electron chi connectivity index (χ1n) is 13.7. The summed E-state index contributed by atoms with van der Waals surface area (Å²) in [6.45, 7) is 1.95. The number of para-hydroxylation sites is 1. The van der Waals surface area contributed by atoms with Crippen LogP contribution in [-0.4, -0.2) is 40.1 Å². The maximum atomic E-state index is 14.0. The van der Waals surface area contributed by atoms with Crippen molar-refractivity contribution in [3.05, 3.63) is 144 Å². The Labute approximate surface area is 254 Å². The van der Waals surface area contributed by atoms with Crippen LogP contribution in [0.15, 0.2) is 125 Å². The lowest BCUT2D eigenvalue weighted by molar-refractivity contribution is 0.397. The Morgan fingerprint density at radius 2 is 1.43 bits per heavy atom. The molecule has 0 aliphatic heterocycles. The van der Waals surface area contributed by atoms with Gasteiger partial charge in [-0.2, -0.15) is 4.31 Å². The Balaban J connectivity index is 1.38. The number of aromatic nitrogens is 4. The lowest BCUT2D eigenvalue weighted by Gasteiger charge is -2.21. The van der Waals surface area contributed by atoms with Crippen molar-refractivity contribution in [2.24, 2.45) is 0 Å². The van der Waals surface area contributed by atoms with Crippen LogP contribution >= 0.6 is 0 Å². The standard InChI is InChI=1S/C32H28FN5O4S2/c1-24-11-17-30(18-12-24)44(41,42)38-21-26(31-9-5-6-10-32(31)38)20-37(43(39,40)29-7-3-2-4-8-29)23-28-22-36(35-34-28)19-25-13-15-27(33)16-14-25/h2-18,21-22H,19-20,23H2,1H3. The van der Waals surface area contributed by atoms with Crippen LogP contribution in [0.3, 0.4) is 0 Å². The molecule has 0 unspecified atom stereocenters. The molecule has 9 nitrogen and oxygen atoms in total. The molecule has 0 saturated heterocycles. The van der Waals surface area contributed by atoms with Crippen molar-refractivity contribution >= 4 is 30.9 Å². The summed E-state index contributed by atoms with van der Waals surface area (Å²) in [5.41, 5.74) is 3.07. The molecule has 224 valence electrons. The van der Waals surface area contributed by atoms with Gasteiger partial charge >= 0.3 is 0 Å². The number of fused-ring (bicyclic) bond motifs is 1. The number of nitrogens with zero attached hydrogens (tertiary/aromatic N) is 5. The number of hydrogen-bond donors (Lipinski definition) is 0. The highest BCUT2D eigenvalue weighted by molar-refractivity contribution is 7.90. The van der Waals surface area contributed by atoms with Crippen LogP contribution in [0.1, 0.15) is 22.4 Å². The van der Waals surface area contributed by atoms with E-state index in [2.05, 4.69) is 10.3 Å². The molecule has 0 atom stereocenters. The third-order valence-corrected chi connectivity index (χ3v) is 10.7. The van der Waals surface area contributed by atoms with Crippen LogP contribution in [0, 0.1) is 12.7 Å². The van der Waals surface area contributed by atoms with E-state index >= 15 is 0 Å². The predicted octanol–water partition coefficient (Wildman–Crippen LogP) is 5.36. The number of aryl methyl sites for hydroxylation is 1. The summed E-state index contributed by atoms with van der Waals surface area (Å²) in [5, 5.41) is 8.95. The SMILES string of the molecule is Cc1ccc(S(=O)(=O)n2cc(CN(Cc3cn(Cc4ccc(F)cc4)nn3)S(=O)(=O)c3ccccc3)c3ccccc32)cc1. The average Bonchev–Trinajstić information content (AvgIpc) is 3.63. The second-order valence-corrected chi connectivity index (χ2v) is 14.2. The molecule has 2 heterocycles. The topological polar surface area (TPSA) is 107 Å². The zero-order valence-electron chi connectivity index (χ0n) is 23.7. The molecule has 6 aromatic rings. The molecule has 2 aromatic heterocycles. The minimum absolute atomic E-state index is 0.0923. The van der Waals surface area contributed by atoms with E-state index in [4.69, 9.17) is 0 Å². The number of rotatable bonds is 10. The van der Waals surface area contributed by atoms with Gasteiger partial charge in [-0.3, -0.25) is 0 Å². The number of sulfonamides is 1. The van der Waals surface area contributed by atoms with Gasteiger partial charge in [0.2, 0.25) is 10.0 Å². The first-order chi connectivity index (χ1) is 21.1. The maximum Gasteiger partial charge on any atom is 0.268 e. The molecule has 44 heavy (non-hydrogen) atoms. The second-order valence-electron chi connectivity index (χ2n) is 10.4. The zero-order chi connectivity index (χ0) is 30.9. The van der Waals surface area contributed by atoms with Gasteiger partial charge in [0.1, 0.15) is 5.82 Å². The van der Waals surface area contributed by atoms with E-state index in [1.165, 1.54) is 38.7 Å². The van der Waals surface area contributed by atoms with Gasteiger partial charge in [0.25, 0.3) is 10.0 Å². The first-order valence-corrected chi connectivity index (χ1v) is 16.6. The minimum atomic E-state index is -4.05. The van der Waals surface area contributed by atoms with Crippen molar-refractivity contribution in [1.82, 2.24) is 23.3 Å². The normalized spacial score (nSPS) is 12.2. The van der Waals surface area contributed by atoms with Gasteiger partial charge in [-0.1, -0.05) is 71.4 Å². The number of halogens is 1. The summed E-state index contributed by atoms with van der Waals surface area (Å²) in [4.78, 5) is 0.219. The Bertz CT molecular complexity index is 2140. The van der Waals surface area contributed by atoms with Crippen molar-refractivity contribution in [1.29, 1.82) is 0 Å². The molecule has 0 amide bonds. The molecule has 0 bridgehead atoms. The predicted molar refractivity (Wildman–Crippen MR) is 164 cm³/mol. The van der Waals surface area contributed by atoms with Crippen LogP contribution in [0.2, 0.25) is 0 Å². The lowest BCUT2D eigenvalue weighted by Crippen LogP contribution is -2.30. The van der Waals surface area contributed by atoms with Gasteiger partial charge in [-0.25, -0.2) is 29.9 Å². The Hall–Kier alpha value is -4.65. The summed E-state index contributed by atoms with van der Waals surface area (Å²) >= 11 is 0. The number of hydrogen-bond acceptors (Lipinski definition) is 6. The van der Waals surface area contributed by atoms with Crippen molar-refractivity contribution < 1.29 is 21.2 Å². The molecule has 6 rings (SSSR count). The summed E-state index contributed by atoms with van der Waals surface area (Å²) in [6, 6.07) is 27.6. The molecule has 0 aliphatic carbocycles. The van der Waals surface area contributed by atoms with Gasteiger partial charge in [0.15, 0.2) is 0 Å². The second kappa shape index (κ2) is 11.8. The average molecular weight is 630 g/mol. The highest BCUT2D eigenvalue weighted by Gasteiger charge is 2.29. The van der Waals surface area contributed by atoms with Crippen molar-refractivity contribution in [2.45, 2.75) is 36.3 Å². The summed E-state index contributed by atoms with van der Waals surface area (Å²) in [5.74, 6) is -0.345. The monoisotopic (exact) mass is 629 g/mol. The summed E-state index contributed by atoms with van der Waals surface area (Å²) in [6.07, 6.45) is 3.13. The van der Waals surface area contributed by atoms with Crippen molar-refractivity contribution in [3.63, 3.8) is 0 Å². The van der Waals surface area contributed by atoms with Crippen molar-refractivity contribution in [2.75, 3.05) is 0 Å². The van der Waals surface area contributed by atoms with Crippen LogP contribution in [-0.2, 0) is 39.7 Å². The van der Waals surface area contributed by atoms with E-state index in [9.17, 15) is 21.2 Å². The van der Waals surface area contributed by atoms with Gasteiger partial charge < -0.3 is 0 Å². The third-order valence-electron chi connectivity index (χ3n) is 7.25. The third kappa shape index (κ3) is 5.91. The quantitative estimate of drug-likeness (QED) is 0.202. The lowest BCUT2D eigenvalue weighted by atomic mass is 10.2. The Morgan fingerprint density at radius 3 is 2.16 bits per heavy atom. The molecule has 0 spiro atoms. The van der Waals surface area contributed by atoms with E-state index < -0.39 is 20.0 Å². The van der Waals surface area contributed by atoms with E-state index in [1.807, 2.05) is 6.92 Å². The molecule has 12 heteroatoms. The smallest absolute Gasteiger partial charge is 0.248 e. The summed E-state index contributed by atoms with van der Waals surface area (Å²) < 4.78 is 72.8. The van der Waals surface area contributed by atoms with Crippen LogP contribution < -0.4 is 0 Å². The summed E-state index contributed by atoms with van der Waals surface area (Å²) in [7, 11) is -8.02. The largest absolute Gasteiger partial charge is 0.268 e. The number of benzene rings is 4. The van der Waals surface area contributed by atoms with Crippen molar-refractivity contribution in [3.8, 4) is 0 Å². The first kappa shape index (κ1) is 29.4. The van der Waals surface area contributed by atoms with E-state index in [0.29, 0.717) is 28.7 Å². The zero-order valence-corrected chi connectivity index (χ0v) is 25.3. The van der Waals surface area contributed by atoms with E-state index in [-0.39, 0.29) is 28.7 Å². The molecule has 4 aromatic carbocycles. The molecule has 0 N–H and O–H groups in total. The van der Waals surface area contributed by atoms with E-state index in [1.54, 1.807) is 89.7 Å². The van der Waals surface area contributed by atoms with Crippen LogP contribution in [0.25, 0.3) is 10.9 Å². The van der Waals surface area contributed by atoms with E-state index in [0.717, 1.165) is 11.1 Å². The highest BCUT2D eigenvalue weighted by Crippen LogP contribution is 2.29. The fraction of sp³-hybridized carbons (Fsp3) is 0.125. The Kier molecular flexibility index (Phi) is 7.89. The van der Waals surface area contributed by atoms with Gasteiger partial charge in [0.05, 0.1) is 40.3 Å². The molecule has 0 fully saturated rings. The van der Waals surface area contributed by atoms with Crippen LogP contribution in [0.5, 0.6) is 0 Å².